The minimum atomic E-state index is -0.123. The van der Waals surface area contributed by atoms with Crippen LogP contribution in [-0.2, 0) is 6.54 Å². The Labute approximate surface area is 102 Å². The van der Waals surface area contributed by atoms with Gasteiger partial charge >= 0.3 is 0 Å². The second-order valence-corrected chi connectivity index (χ2v) is 5.02. The fourth-order valence-electron chi connectivity index (χ4n) is 1.21. The summed E-state index contributed by atoms with van der Waals surface area (Å²) in [5.41, 5.74) is 0.915. The van der Waals surface area contributed by atoms with E-state index in [2.05, 4.69) is 24.1 Å². The first kappa shape index (κ1) is 13.3. The average molecular weight is 243 g/mol. The van der Waals surface area contributed by atoms with Gasteiger partial charge in [-0.2, -0.15) is 0 Å². The maximum atomic E-state index is 6.10. The van der Waals surface area contributed by atoms with Crippen LogP contribution in [0.2, 0.25) is 0 Å². The van der Waals surface area contributed by atoms with Crippen LogP contribution >= 0.6 is 11.6 Å². The molecule has 3 nitrogen and oxygen atoms in total. The Balaban J connectivity index is 2.67. The first-order chi connectivity index (χ1) is 7.47. The molecule has 0 amide bonds. The normalized spacial score (nSPS) is 13.6. The maximum Gasteiger partial charge on any atom is 0.217 e. The van der Waals surface area contributed by atoms with Gasteiger partial charge in [-0.25, -0.2) is 4.98 Å². The first-order valence-corrected chi connectivity index (χ1v) is 5.78. The van der Waals surface area contributed by atoms with Crippen molar-refractivity contribution in [3.8, 4) is 5.88 Å². The van der Waals surface area contributed by atoms with E-state index in [1.807, 2.05) is 19.1 Å². The summed E-state index contributed by atoms with van der Waals surface area (Å²) in [4.78, 5) is 4.15. The molecule has 0 spiro atoms. The molecule has 0 aliphatic heterocycles. The van der Waals surface area contributed by atoms with Gasteiger partial charge in [0.25, 0.3) is 0 Å². The Morgan fingerprint density at radius 3 is 2.81 bits per heavy atom. The zero-order chi connectivity index (χ0) is 12.2. The molecule has 1 aromatic rings. The number of rotatable bonds is 5. The van der Waals surface area contributed by atoms with Gasteiger partial charge in [0.05, 0.1) is 7.11 Å². The third kappa shape index (κ3) is 3.35. The molecule has 1 aromatic heterocycles. The molecular formula is C12H19ClN2O. The van der Waals surface area contributed by atoms with Crippen LogP contribution in [0.4, 0.5) is 0 Å². The lowest BCUT2D eigenvalue weighted by atomic mass is 10.0. The van der Waals surface area contributed by atoms with Crippen molar-refractivity contribution in [3.63, 3.8) is 0 Å². The zero-order valence-corrected chi connectivity index (χ0v) is 11.0. The second kappa shape index (κ2) is 5.51. The molecule has 0 saturated carbocycles. The number of hydrogen-bond acceptors (Lipinski definition) is 3. The van der Waals surface area contributed by atoms with E-state index in [0.717, 1.165) is 5.56 Å². The highest BCUT2D eigenvalue weighted by atomic mass is 35.5. The molecule has 0 fully saturated rings. The van der Waals surface area contributed by atoms with E-state index in [4.69, 9.17) is 16.3 Å². The Hall–Kier alpha value is -0.800. The summed E-state index contributed by atoms with van der Waals surface area (Å²) in [5, 5.41) is 3.45. The van der Waals surface area contributed by atoms with Crippen molar-refractivity contribution in [3.05, 3.63) is 23.9 Å². The molecule has 0 aliphatic rings. The highest BCUT2D eigenvalue weighted by Gasteiger charge is 2.23. The number of aromatic nitrogens is 1. The highest BCUT2D eigenvalue weighted by Crippen LogP contribution is 2.18. The van der Waals surface area contributed by atoms with Crippen LogP contribution in [0.5, 0.6) is 5.88 Å². The minimum absolute atomic E-state index is 0.0511. The van der Waals surface area contributed by atoms with E-state index in [9.17, 15) is 0 Å². The van der Waals surface area contributed by atoms with Crippen LogP contribution < -0.4 is 10.1 Å². The SMILES string of the molecule is COc1ncccc1CNC(C)(C)C(C)Cl. The van der Waals surface area contributed by atoms with Gasteiger partial charge in [0.1, 0.15) is 0 Å². The molecule has 0 aliphatic carbocycles. The van der Waals surface area contributed by atoms with Crippen molar-refractivity contribution in [1.82, 2.24) is 10.3 Å². The van der Waals surface area contributed by atoms with E-state index in [1.54, 1.807) is 13.3 Å². The number of nitrogens with one attached hydrogen (secondary N) is 1. The molecule has 0 radical (unpaired) electrons. The Kier molecular flexibility index (Phi) is 4.56. The van der Waals surface area contributed by atoms with Gasteiger partial charge in [0.15, 0.2) is 0 Å². The number of hydrogen-bond donors (Lipinski definition) is 1. The lowest BCUT2D eigenvalue weighted by Gasteiger charge is -2.29. The highest BCUT2D eigenvalue weighted by molar-refractivity contribution is 6.21. The van der Waals surface area contributed by atoms with Gasteiger partial charge < -0.3 is 10.1 Å². The van der Waals surface area contributed by atoms with Crippen molar-refractivity contribution in [2.24, 2.45) is 0 Å². The zero-order valence-electron chi connectivity index (χ0n) is 10.2. The van der Waals surface area contributed by atoms with Crippen LogP contribution in [0, 0.1) is 0 Å². The number of pyridine rings is 1. The lowest BCUT2D eigenvalue weighted by Crippen LogP contribution is -2.45. The molecule has 90 valence electrons. The van der Waals surface area contributed by atoms with Crippen molar-refractivity contribution in [1.29, 1.82) is 0 Å². The molecule has 0 aromatic carbocycles. The molecule has 1 N–H and O–H groups in total. The molecule has 1 heterocycles. The van der Waals surface area contributed by atoms with Crippen LogP contribution in [0.25, 0.3) is 0 Å². The van der Waals surface area contributed by atoms with Crippen LogP contribution in [0.1, 0.15) is 26.3 Å². The van der Waals surface area contributed by atoms with Crippen LogP contribution in [0.15, 0.2) is 18.3 Å². The van der Waals surface area contributed by atoms with Gasteiger partial charge in [-0.1, -0.05) is 6.07 Å². The van der Waals surface area contributed by atoms with Crippen LogP contribution in [0.3, 0.4) is 0 Å². The molecule has 16 heavy (non-hydrogen) atoms. The predicted octanol–water partition coefficient (Wildman–Crippen LogP) is 2.59. The van der Waals surface area contributed by atoms with E-state index in [0.29, 0.717) is 12.4 Å². The Morgan fingerprint density at radius 2 is 2.25 bits per heavy atom. The van der Waals surface area contributed by atoms with E-state index in [1.165, 1.54) is 0 Å². The van der Waals surface area contributed by atoms with Gasteiger partial charge in [-0.05, 0) is 26.8 Å². The van der Waals surface area contributed by atoms with Crippen molar-refractivity contribution >= 4 is 11.6 Å². The summed E-state index contributed by atoms with van der Waals surface area (Å²) in [5.74, 6) is 0.660. The second-order valence-electron chi connectivity index (χ2n) is 4.36. The Bertz CT molecular complexity index is 340. The summed E-state index contributed by atoms with van der Waals surface area (Å²) >= 11 is 6.10. The Morgan fingerprint density at radius 1 is 1.56 bits per heavy atom. The van der Waals surface area contributed by atoms with Gasteiger partial charge in [-0.3, -0.25) is 0 Å². The quantitative estimate of drug-likeness (QED) is 0.806. The summed E-state index contributed by atoms with van der Waals surface area (Å²) in [6.45, 7) is 6.83. The van der Waals surface area contributed by atoms with E-state index in [-0.39, 0.29) is 10.9 Å². The molecular weight excluding hydrogens is 224 g/mol. The van der Waals surface area contributed by atoms with Gasteiger partial charge in [0.2, 0.25) is 5.88 Å². The summed E-state index contributed by atoms with van der Waals surface area (Å²) in [6.07, 6.45) is 1.72. The predicted molar refractivity (Wildman–Crippen MR) is 67.0 cm³/mol. The third-order valence-electron chi connectivity index (χ3n) is 2.77. The molecule has 0 saturated heterocycles. The number of alkyl halides is 1. The van der Waals surface area contributed by atoms with Crippen molar-refractivity contribution < 1.29 is 4.74 Å². The monoisotopic (exact) mass is 242 g/mol. The third-order valence-corrected chi connectivity index (χ3v) is 3.32. The number of nitrogens with zero attached hydrogens (tertiary/aromatic N) is 1. The fraction of sp³-hybridized carbons (Fsp3) is 0.583. The standard InChI is InChI=1S/C12H19ClN2O/c1-9(13)12(2,3)15-8-10-6-5-7-14-11(10)16-4/h5-7,9,15H,8H2,1-4H3. The van der Waals surface area contributed by atoms with Gasteiger partial charge in [-0.15, -0.1) is 11.6 Å². The van der Waals surface area contributed by atoms with Gasteiger partial charge in [0, 0.05) is 29.2 Å². The molecule has 4 heteroatoms. The number of methoxy groups -OCH3 is 1. The number of halogens is 1. The molecule has 1 atom stereocenters. The van der Waals surface area contributed by atoms with Crippen LogP contribution in [-0.4, -0.2) is 23.0 Å². The molecule has 1 rings (SSSR count). The molecule has 1 unspecified atom stereocenters. The summed E-state index contributed by atoms with van der Waals surface area (Å²) < 4.78 is 5.19. The minimum Gasteiger partial charge on any atom is -0.481 e. The topological polar surface area (TPSA) is 34.1 Å². The van der Waals surface area contributed by atoms with E-state index < -0.39 is 0 Å². The first-order valence-electron chi connectivity index (χ1n) is 5.34. The maximum absolute atomic E-state index is 6.10. The number of ether oxygens (including phenoxy) is 1. The average Bonchev–Trinajstić information content (AvgIpc) is 2.26. The fourth-order valence-corrected chi connectivity index (χ4v) is 1.28. The van der Waals surface area contributed by atoms with Crippen molar-refractivity contribution in [2.45, 2.75) is 38.2 Å². The summed E-state index contributed by atoms with van der Waals surface area (Å²) in [6, 6.07) is 3.89. The largest absolute Gasteiger partial charge is 0.481 e. The van der Waals surface area contributed by atoms with E-state index >= 15 is 0 Å². The lowest BCUT2D eigenvalue weighted by molar-refractivity contribution is 0.362. The smallest absolute Gasteiger partial charge is 0.217 e. The van der Waals surface area contributed by atoms with Crippen molar-refractivity contribution in [2.75, 3.05) is 7.11 Å². The molecule has 0 bridgehead atoms. The summed E-state index contributed by atoms with van der Waals surface area (Å²) in [7, 11) is 1.63.